The third kappa shape index (κ3) is 1.65. The molecule has 2 N–H and O–H groups in total. The summed E-state index contributed by atoms with van der Waals surface area (Å²) in [6.07, 6.45) is 3.81. The topological polar surface area (TPSA) is 49.3 Å². The molecule has 0 aromatic carbocycles. The van der Waals surface area contributed by atoms with Gasteiger partial charge >= 0.3 is 5.97 Å². The molecule has 0 spiro atoms. The van der Waals surface area contributed by atoms with E-state index >= 15 is 0 Å². The maximum atomic E-state index is 10.9. The van der Waals surface area contributed by atoms with Crippen LogP contribution < -0.4 is 5.32 Å². The first-order valence-electron chi connectivity index (χ1n) is 5.53. The van der Waals surface area contributed by atoms with Gasteiger partial charge in [0.15, 0.2) is 0 Å². The Hall–Kier alpha value is -0.570. The number of carboxylic acid groups (broad SMARTS) is 1. The van der Waals surface area contributed by atoms with E-state index in [1.165, 1.54) is 12.8 Å². The molecule has 3 unspecified atom stereocenters. The van der Waals surface area contributed by atoms with Crippen LogP contribution in [0.2, 0.25) is 0 Å². The van der Waals surface area contributed by atoms with Crippen LogP contribution >= 0.6 is 0 Å². The lowest BCUT2D eigenvalue weighted by Crippen LogP contribution is -2.50. The maximum absolute atomic E-state index is 10.9. The summed E-state index contributed by atoms with van der Waals surface area (Å²) >= 11 is 0. The molecule has 0 bridgehead atoms. The number of hydrogen-bond donors (Lipinski definition) is 2. The van der Waals surface area contributed by atoms with E-state index in [0.29, 0.717) is 18.4 Å². The molecule has 2 aliphatic carbocycles. The highest BCUT2D eigenvalue weighted by Gasteiger charge is 2.58. The van der Waals surface area contributed by atoms with Crippen LogP contribution in [0.1, 0.15) is 39.5 Å². The Balaban J connectivity index is 2.08. The normalized spacial score (nSPS) is 39.9. The first kappa shape index (κ1) is 9.97. The summed E-state index contributed by atoms with van der Waals surface area (Å²) in [6, 6.07) is 0.383. The number of fused-ring (bicyclic) bond motifs is 1. The van der Waals surface area contributed by atoms with Gasteiger partial charge in [0.05, 0.1) is 6.42 Å². The number of hydrogen-bond acceptors (Lipinski definition) is 2. The van der Waals surface area contributed by atoms with E-state index in [4.69, 9.17) is 5.11 Å². The van der Waals surface area contributed by atoms with Gasteiger partial charge in [-0.15, -0.1) is 0 Å². The van der Waals surface area contributed by atoms with Gasteiger partial charge in [-0.1, -0.05) is 13.8 Å². The van der Waals surface area contributed by atoms with Crippen LogP contribution in [0.3, 0.4) is 0 Å². The van der Waals surface area contributed by atoms with Crippen LogP contribution in [0.5, 0.6) is 0 Å². The zero-order valence-electron chi connectivity index (χ0n) is 8.92. The van der Waals surface area contributed by atoms with E-state index in [-0.39, 0.29) is 5.54 Å². The second-order valence-corrected chi connectivity index (χ2v) is 5.17. The molecule has 2 saturated carbocycles. The second-order valence-electron chi connectivity index (χ2n) is 5.17. The van der Waals surface area contributed by atoms with E-state index in [1.54, 1.807) is 0 Å². The lowest BCUT2D eigenvalue weighted by atomic mass is 9.88. The molecular formula is C11H19NO2. The smallest absolute Gasteiger partial charge is 0.305 e. The minimum absolute atomic E-state index is 0.0787. The van der Waals surface area contributed by atoms with Crippen molar-refractivity contribution >= 4 is 5.97 Å². The summed E-state index contributed by atoms with van der Waals surface area (Å²) in [6.45, 7) is 4.19. The van der Waals surface area contributed by atoms with Crippen molar-refractivity contribution in [2.45, 2.75) is 51.1 Å². The number of carboxylic acids is 1. The molecule has 2 fully saturated rings. The van der Waals surface area contributed by atoms with Crippen molar-refractivity contribution < 1.29 is 9.90 Å². The van der Waals surface area contributed by atoms with E-state index in [2.05, 4.69) is 19.2 Å². The van der Waals surface area contributed by atoms with Crippen molar-refractivity contribution in [3.05, 3.63) is 0 Å². The van der Waals surface area contributed by atoms with Crippen molar-refractivity contribution in [3.63, 3.8) is 0 Å². The summed E-state index contributed by atoms with van der Waals surface area (Å²) in [7, 11) is 0. The monoisotopic (exact) mass is 197 g/mol. The Morgan fingerprint density at radius 2 is 2.36 bits per heavy atom. The maximum Gasteiger partial charge on any atom is 0.305 e. The largest absolute Gasteiger partial charge is 0.481 e. The van der Waals surface area contributed by atoms with Gasteiger partial charge in [0, 0.05) is 11.6 Å². The third-order valence-electron chi connectivity index (χ3n) is 3.64. The fourth-order valence-corrected chi connectivity index (χ4v) is 3.17. The summed E-state index contributed by atoms with van der Waals surface area (Å²) < 4.78 is 0. The molecule has 0 aliphatic heterocycles. The highest BCUT2D eigenvalue weighted by molar-refractivity contribution is 5.68. The molecule has 0 radical (unpaired) electrons. The Morgan fingerprint density at radius 3 is 2.71 bits per heavy atom. The quantitative estimate of drug-likeness (QED) is 0.720. The number of carbonyl (C=O) groups is 1. The third-order valence-corrected chi connectivity index (χ3v) is 3.64. The minimum Gasteiger partial charge on any atom is -0.481 e. The van der Waals surface area contributed by atoms with E-state index in [1.807, 2.05) is 0 Å². The van der Waals surface area contributed by atoms with Gasteiger partial charge in [0.1, 0.15) is 0 Å². The molecule has 2 rings (SSSR count). The minimum atomic E-state index is -0.661. The number of aliphatic carboxylic acids is 1. The molecule has 3 nitrogen and oxygen atoms in total. The van der Waals surface area contributed by atoms with Gasteiger partial charge in [-0.3, -0.25) is 4.79 Å². The molecule has 3 atom stereocenters. The Kier molecular flexibility index (Phi) is 2.30. The first-order chi connectivity index (χ1) is 6.53. The zero-order valence-corrected chi connectivity index (χ0v) is 8.92. The number of rotatable bonds is 4. The van der Waals surface area contributed by atoms with Crippen molar-refractivity contribution in [1.82, 2.24) is 5.32 Å². The SMILES string of the molecule is CC(C)NC1(CC(=O)O)CCC2CC21. The average molecular weight is 197 g/mol. The van der Waals surface area contributed by atoms with Crippen LogP contribution in [0.4, 0.5) is 0 Å². The second kappa shape index (κ2) is 3.23. The molecule has 80 valence electrons. The lowest BCUT2D eigenvalue weighted by Gasteiger charge is -2.33. The molecular weight excluding hydrogens is 178 g/mol. The lowest BCUT2D eigenvalue weighted by molar-refractivity contribution is -0.139. The van der Waals surface area contributed by atoms with Gasteiger partial charge in [-0.25, -0.2) is 0 Å². The van der Waals surface area contributed by atoms with Crippen LogP contribution in [0.15, 0.2) is 0 Å². The first-order valence-corrected chi connectivity index (χ1v) is 5.53. The summed E-state index contributed by atoms with van der Waals surface area (Å²) in [5, 5.41) is 12.4. The van der Waals surface area contributed by atoms with Gasteiger partial charge in [0.25, 0.3) is 0 Å². The summed E-state index contributed by atoms with van der Waals surface area (Å²) in [5.41, 5.74) is -0.0787. The summed E-state index contributed by atoms with van der Waals surface area (Å²) in [5.74, 6) is 0.798. The zero-order chi connectivity index (χ0) is 10.3. The molecule has 0 amide bonds. The van der Waals surface area contributed by atoms with E-state index in [9.17, 15) is 4.79 Å². The molecule has 2 aliphatic rings. The van der Waals surface area contributed by atoms with Crippen LogP contribution in [0, 0.1) is 11.8 Å². The van der Waals surface area contributed by atoms with Crippen molar-refractivity contribution in [2.75, 3.05) is 0 Å². The standard InChI is InChI=1S/C11H19NO2/c1-7(2)12-11(6-10(13)14)4-3-8-5-9(8)11/h7-9,12H,3-6H2,1-2H3,(H,13,14). The van der Waals surface area contributed by atoms with Gasteiger partial charge < -0.3 is 10.4 Å². The van der Waals surface area contributed by atoms with E-state index < -0.39 is 5.97 Å². The van der Waals surface area contributed by atoms with Gasteiger partial charge in [0.2, 0.25) is 0 Å². The predicted octanol–water partition coefficient (Wildman–Crippen LogP) is 1.63. The van der Waals surface area contributed by atoms with Crippen LogP contribution in [-0.4, -0.2) is 22.7 Å². The van der Waals surface area contributed by atoms with Crippen molar-refractivity contribution in [2.24, 2.45) is 11.8 Å². The fraction of sp³-hybridized carbons (Fsp3) is 0.909. The molecule has 0 aromatic heterocycles. The Morgan fingerprint density at radius 1 is 1.64 bits per heavy atom. The Labute approximate surface area is 84.9 Å². The average Bonchev–Trinajstić information content (AvgIpc) is 2.71. The highest BCUT2D eigenvalue weighted by atomic mass is 16.4. The summed E-state index contributed by atoms with van der Waals surface area (Å²) in [4.78, 5) is 10.9. The van der Waals surface area contributed by atoms with Gasteiger partial charge in [-0.2, -0.15) is 0 Å². The van der Waals surface area contributed by atoms with E-state index in [0.717, 1.165) is 12.3 Å². The van der Waals surface area contributed by atoms with Crippen molar-refractivity contribution in [1.29, 1.82) is 0 Å². The van der Waals surface area contributed by atoms with Crippen molar-refractivity contribution in [3.8, 4) is 0 Å². The molecule has 0 aromatic rings. The Bertz CT molecular complexity index is 252. The van der Waals surface area contributed by atoms with Crippen LogP contribution in [0.25, 0.3) is 0 Å². The van der Waals surface area contributed by atoms with Gasteiger partial charge in [-0.05, 0) is 31.1 Å². The molecule has 3 heteroatoms. The molecule has 14 heavy (non-hydrogen) atoms. The van der Waals surface area contributed by atoms with Crippen LogP contribution in [-0.2, 0) is 4.79 Å². The highest BCUT2D eigenvalue weighted by Crippen LogP contribution is 2.58. The fourth-order valence-electron chi connectivity index (χ4n) is 3.17. The predicted molar refractivity (Wildman–Crippen MR) is 54.1 cm³/mol. The number of nitrogens with one attached hydrogen (secondary N) is 1. The molecule has 0 saturated heterocycles. The molecule has 0 heterocycles.